The van der Waals surface area contributed by atoms with E-state index in [2.05, 4.69) is 18.4 Å². The minimum Gasteiger partial charge on any atom is -0.456 e. The lowest BCUT2D eigenvalue weighted by Gasteiger charge is -2.33. The number of benzene rings is 1. The molecule has 0 saturated carbocycles. The molecule has 2 radical (unpaired) electrons. The SMILES string of the molecule is [B]c1cccc(C#CC(C)(C)CC(C)(CC)OC(=O)C=C)c1. The predicted octanol–water partition coefficient (Wildman–Crippen LogP) is 3.15. The van der Waals surface area contributed by atoms with Gasteiger partial charge in [-0.2, -0.15) is 0 Å². The molecule has 0 aliphatic heterocycles. The number of hydrogen-bond acceptors (Lipinski definition) is 2. The zero-order valence-electron chi connectivity index (χ0n) is 13.9. The Balaban J connectivity index is 2.90. The number of ether oxygens (including phenoxy) is 1. The monoisotopic (exact) mass is 294 g/mol. The molecule has 0 amide bonds. The van der Waals surface area contributed by atoms with Gasteiger partial charge in [-0.3, -0.25) is 0 Å². The molecule has 0 saturated heterocycles. The van der Waals surface area contributed by atoms with Gasteiger partial charge in [0.15, 0.2) is 0 Å². The van der Waals surface area contributed by atoms with E-state index in [4.69, 9.17) is 12.6 Å². The summed E-state index contributed by atoms with van der Waals surface area (Å²) in [7, 11) is 5.76. The van der Waals surface area contributed by atoms with Crippen LogP contribution in [0.15, 0.2) is 36.9 Å². The van der Waals surface area contributed by atoms with Gasteiger partial charge < -0.3 is 4.74 Å². The van der Waals surface area contributed by atoms with Crippen LogP contribution in [0.1, 0.15) is 46.1 Å². The van der Waals surface area contributed by atoms with Gasteiger partial charge >= 0.3 is 5.97 Å². The summed E-state index contributed by atoms with van der Waals surface area (Å²) in [6.45, 7) is 11.5. The van der Waals surface area contributed by atoms with Crippen LogP contribution >= 0.6 is 0 Å². The molecular weight excluding hydrogens is 271 g/mol. The maximum absolute atomic E-state index is 11.5. The van der Waals surface area contributed by atoms with Crippen molar-refractivity contribution in [3.05, 3.63) is 42.5 Å². The van der Waals surface area contributed by atoms with E-state index in [9.17, 15) is 4.79 Å². The van der Waals surface area contributed by atoms with E-state index >= 15 is 0 Å². The Kier molecular flexibility index (Phi) is 6.06. The topological polar surface area (TPSA) is 26.3 Å². The highest BCUT2D eigenvalue weighted by atomic mass is 16.6. The van der Waals surface area contributed by atoms with Gasteiger partial charge in [0.1, 0.15) is 13.4 Å². The van der Waals surface area contributed by atoms with Crippen molar-refractivity contribution >= 4 is 19.3 Å². The highest BCUT2D eigenvalue weighted by Gasteiger charge is 2.33. The quantitative estimate of drug-likeness (QED) is 0.361. The summed E-state index contributed by atoms with van der Waals surface area (Å²) < 4.78 is 5.50. The summed E-state index contributed by atoms with van der Waals surface area (Å²) in [6.07, 6.45) is 2.56. The molecule has 1 aromatic rings. The Morgan fingerprint density at radius 2 is 2.09 bits per heavy atom. The normalized spacial score (nSPS) is 13.5. The van der Waals surface area contributed by atoms with Crippen LogP contribution in [0.3, 0.4) is 0 Å². The lowest BCUT2D eigenvalue weighted by molar-refractivity contribution is -0.154. The Morgan fingerprint density at radius 1 is 1.41 bits per heavy atom. The van der Waals surface area contributed by atoms with Crippen molar-refractivity contribution in [3.63, 3.8) is 0 Å². The average Bonchev–Trinajstić information content (AvgIpc) is 2.44. The lowest BCUT2D eigenvalue weighted by Crippen LogP contribution is -2.35. The van der Waals surface area contributed by atoms with Gasteiger partial charge in [-0.25, -0.2) is 4.79 Å². The molecule has 0 N–H and O–H groups in total. The molecule has 0 heterocycles. The van der Waals surface area contributed by atoms with E-state index in [0.29, 0.717) is 11.9 Å². The van der Waals surface area contributed by atoms with Crippen LogP contribution in [0.5, 0.6) is 0 Å². The molecule has 1 atom stereocenters. The fourth-order valence-electron chi connectivity index (χ4n) is 2.35. The Bertz CT molecular complexity index is 607. The van der Waals surface area contributed by atoms with Crippen molar-refractivity contribution in [3.8, 4) is 11.8 Å². The summed E-state index contributed by atoms with van der Waals surface area (Å²) in [4.78, 5) is 11.5. The fraction of sp³-hybridized carbons (Fsp3) is 0.421. The van der Waals surface area contributed by atoms with E-state index in [1.165, 1.54) is 6.08 Å². The molecule has 114 valence electrons. The number of rotatable bonds is 5. The molecule has 1 rings (SSSR count). The van der Waals surface area contributed by atoms with Gasteiger partial charge in [-0.15, -0.1) is 0 Å². The molecule has 1 aromatic carbocycles. The maximum atomic E-state index is 11.5. The molecule has 0 aliphatic carbocycles. The van der Waals surface area contributed by atoms with E-state index < -0.39 is 11.6 Å². The van der Waals surface area contributed by atoms with E-state index in [0.717, 1.165) is 12.0 Å². The Morgan fingerprint density at radius 3 is 2.64 bits per heavy atom. The molecule has 0 aliphatic rings. The summed E-state index contributed by atoms with van der Waals surface area (Å²) >= 11 is 0. The number of carbonyl (C=O) groups excluding carboxylic acids is 1. The maximum Gasteiger partial charge on any atom is 0.330 e. The largest absolute Gasteiger partial charge is 0.456 e. The van der Waals surface area contributed by atoms with Gasteiger partial charge in [0, 0.05) is 23.5 Å². The summed E-state index contributed by atoms with van der Waals surface area (Å²) in [6, 6.07) is 7.49. The van der Waals surface area contributed by atoms with Crippen molar-refractivity contribution in [1.82, 2.24) is 0 Å². The zero-order chi connectivity index (χ0) is 16.8. The number of esters is 1. The van der Waals surface area contributed by atoms with Gasteiger partial charge in [-0.05, 0) is 33.3 Å². The van der Waals surface area contributed by atoms with E-state index in [1.54, 1.807) is 0 Å². The Labute approximate surface area is 135 Å². The lowest BCUT2D eigenvalue weighted by atomic mass is 9.80. The minimum atomic E-state index is -0.556. The second kappa shape index (κ2) is 7.36. The summed E-state index contributed by atoms with van der Waals surface area (Å²) in [5, 5.41) is 0. The highest BCUT2D eigenvalue weighted by molar-refractivity contribution is 6.32. The van der Waals surface area contributed by atoms with Crippen molar-refractivity contribution in [2.45, 2.75) is 46.1 Å². The predicted molar refractivity (Wildman–Crippen MR) is 92.1 cm³/mol. The first kappa shape index (κ1) is 18.1. The molecule has 0 aromatic heterocycles. The molecule has 1 unspecified atom stereocenters. The third-order valence-corrected chi connectivity index (χ3v) is 3.51. The molecule has 22 heavy (non-hydrogen) atoms. The van der Waals surface area contributed by atoms with Gasteiger partial charge in [0.2, 0.25) is 0 Å². The molecule has 3 heteroatoms. The molecular formula is C19H23BO2. The third-order valence-electron chi connectivity index (χ3n) is 3.51. The van der Waals surface area contributed by atoms with Crippen LogP contribution in [0.25, 0.3) is 0 Å². The molecule has 0 spiro atoms. The van der Waals surface area contributed by atoms with Gasteiger partial charge in [0.25, 0.3) is 0 Å². The van der Waals surface area contributed by atoms with E-state index in [1.807, 2.05) is 52.0 Å². The number of carbonyl (C=O) groups is 1. The zero-order valence-corrected chi connectivity index (χ0v) is 13.9. The first-order valence-corrected chi connectivity index (χ1v) is 7.44. The minimum absolute atomic E-state index is 0.295. The summed E-state index contributed by atoms with van der Waals surface area (Å²) in [5.41, 5.74) is 0.730. The van der Waals surface area contributed by atoms with Crippen molar-refractivity contribution in [1.29, 1.82) is 0 Å². The second-order valence-electron chi connectivity index (χ2n) is 6.36. The van der Waals surface area contributed by atoms with E-state index in [-0.39, 0.29) is 5.41 Å². The van der Waals surface area contributed by atoms with Crippen molar-refractivity contribution in [2.24, 2.45) is 5.41 Å². The van der Waals surface area contributed by atoms with Crippen molar-refractivity contribution in [2.75, 3.05) is 0 Å². The first-order chi connectivity index (χ1) is 10.2. The Hall–Kier alpha value is -1.95. The number of hydrogen-bond donors (Lipinski definition) is 0. The smallest absolute Gasteiger partial charge is 0.330 e. The molecule has 0 bridgehead atoms. The second-order valence-corrected chi connectivity index (χ2v) is 6.36. The van der Waals surface area contributed by atoms with Crippen LogP contribution in [0, 0.1) is 17.3 Å². The van der Waals surface area contributed by atoms with Crippen LogP contribution in [0.2, 0.25) is 0 Å². The average molecular weight is 294 g/mol. The van der Waals surface area contributed by atoms with Crippen LogP contribution in [-0.2, 0) is 9.53 Å². The summed E-state index contributed by atoms with van der Waals surface area (Å²) in [5.74, 6) is 6.01. The van der Waals surface area contributed by atoms with Crippen LogP contribution in [0.4, 0.5) is 0 Å². The third kappa shape index (κ3) is 5.81. The van der Waals surface area contributed by atoms with Crippen molar-refractivity contribution < 1.29 is 9.53 Å². The van der Waals surface area contributed by atoms with Gasteiger partial charge in [-0.1, -0.05) is 49.0 Å². The molecule has 2 nitrogen and oxygen atoms in total. The highest BCUT2D eigenvalue weighted by Crippen LogP contribution is 2.32. The fourth-order valence-corrected chi connectivity index (χ4v) is 2.35. The standard InChI is InChI=1S/C19H23BO2/c1-6-17(21)22-19(5,7-2)14-18(3,4)12-11-15-9-8-10-16(20)13-15/h6,8-10,13H,1,7,14H2,2-5H3. The van der Waals surface area contributed by atoms with Crippen LogP contribution < -0.4 is 5.46 Å². The van der Waals surface area contributed by atoms with Crippen LogP contribution in [-0.4, -0.2) is 19.4 Å². The first-order valence-electron chi connectivity index (χ1n) is 7.44. The van der Waals surface area contributed by atoms with Gasteiger partial charge in [0.05, 0.1) is 0 Å². The molecule has 0 fully saturated rings.